The largest absolute Gasteiger partial charge is 0.481 e. The maximum absolute atomic E-state index is 14.2. The first kappa shape index (κ1) is 66.2. The van der Waals surface area contributed by atoms with Crippen molar-refractivity contribution in [1.29, 1.82) is 0 Å². The fourth-order valence-electron chi connectivity index (χ4n) is 7.25. The van der Waals surface area contributed by atoms with Gasteiger partial charge in [0.25, 0.3) is 0 Å². The number of aliphatic carboxylic acids is 1. The van der Waals surface area contributed by atoms with Crippen molar-refractivity contribution in [3.05, 3.63) is 0 Å². The fraction of sp³-hybridized carbons (Fsp3) is 0.739. The molecule has 73 heavy (non-hydrogen) atoms. The number of rotatable bonds is 38. The Labute approximate surface area is 428 Å². The smallest absolute Gasteiger partial charge is 0.305 e. The van der Waals surface area contributed by atoms with E-state index in [1.807, 2.05) is 20.8 Å². The molecule has 0 unspecified atom stereocenters. The molecule has 0 saturated carbocycles. The molecule has 27 nitrogen and oxygen atoms in total. The van der Waals surface area contributed by atoms with Crippen molar-refractivity contribution >= 4 is 71.1 Å². The van der Waals surface area contributed by atoms with Crippen molar-refractivity contribution in [3.8, 4) is 0 Å². The van der Waals surface area contributed by atoms with E-state index in [9.17, 15) is 53.1 Å². The molecule has 9 atom stereocenters. The highest BCUT2D eigenvalue weighted by molar-refractivity contribution is 5.98. The minimum Gasteiger partial charge on any atom is -0.481 e. The summed E-state index contributed by atoms with van der Waals surface area (Å²) >= 11 is 0. The highest BCUT2D eigenvalue weighted by Gasteiger charge is 2.36. The number of nitrogens with zero attached hydrogens (tertiary/aromatic N) is 2. The van der Waals surface area contributed by atoms with E-state index in [0.717, 1.165) is 0 Å². The lowest BCUT2D eigenvalue weighted by atomic mass is 9.96. The number of hydrogen-bond donors (Lipinski definition) is 15. The summed E-state index contributed by atoms with van der Waals surface area (Å²) in [4.78, 5) is 141. The average Bonchev–Trinajstić information content (AvgIpc) is 3.29. The van der Waals surface area contributed by atoms with Crippen LogP contribution in [0.1, 0.15) is 138 Å². The number of guanidine groups is 2. The zero-order valence-corrected chi connectivity index (χ0v) is 43.6. The van der Waals surface area contributed by atoms with Gasteiger partial charge in [-0.2, -0.15) is 0 Å². The Bertz CT molecular complexity index is 1890. The van der Waals surface area contributed by atoms with Crippen LogP contribution in [-0.2, 0) is 47.9 Å². The number of carboxylic acids is 1. The van der Waals surface area contributed by atoms with Crippen LogP contribution in [0.25, 0.3) is 0 Å². The summed E-state index contributed by atoms with van der Waals surface area (Å²) in [5.41, 5.74) is 38.7. The van der Waals surface area contributed by atoms with Gasteiger partial charge >= 0.3 is 5.97 Å². The quantitative estimate of drug-likeness (QED) is 0.0164. The van der Waals surface area contributed by atoms with Crippen molar-refractivity contribution in [2.45, 2.75) is 187 Å². The molecule has 0 aliphatic heterocycles. The zero-order chi connectivity index (χ0) is 56.0. The van der Waals surface area contributed by atoms with Gasteiger partial charge in [0.05, 0.1) is 12.5 Å². The third kappa shape index (κ3) is 28.7. The molecule has 0 aromatic heterocycles. The molecule has 0 fully saturated rings. The molecule has 0 spiro atoms. The molecule has 0 rings (SSSR count). The molecule has 0 bridgehead atoms. The highest BCUT2D eigenvalue weighted by Crippen LogP contribution is 2.14. The van der Waals surface area contributed by atoms with Crippen LogP contribution in [0.2, 0.25) is 0 Å². The van der Waals surface area contributed by atoms with E-state index in [0.29, 0.717) is 32.1 Å². The van der Waals surface area contributed by atoms with Crippen molar-refractivity contribution in [2.75, 3.05) is 13.1 Å². The number of carboxylic acid groups (broad SMARTS) is 1. The van der Waals surface area contributed by atoms with Gasteiger partial charge in [-0.05, 0) is 75.5 Å². The molecule has 27 heteroatoms. The van der Waals surface area contributed by atoms with Gasteiger partial charge in [-0.1, -0.05) is 67.7 Å². The third-order valence-corrected chi connectivity index (χ3v) is 11.4. The Morgan fingerprint density at radius 2 is 0.904 bits per heavy atom. The maximum Gasteiger partial charge on any atom is 0.305 e. The van der Waals surface area contributed by atoms with Crippen LogP contribution in [0.4, 0.5) is 0 Å². The molecule has 0 aromatic carbocycles. The van der Waals surface area contributed by atoms with Crippen LogP contribution >= 0.6 is 0 Å². The third-order valence-electron chi connectivity index (χ3n) is 11.4. The van der Waals surface area contributed by atoms with Gasteiger partial charge in [0.15, 0.2) is 11.9 Å². The first-order chi connectivity index (χ1) is 34.1. The van der Waals surface area contributed by atoms with E-state index in [-0.39, 0.29) is 81.8 Å². The number of carbonyl (C=O) groups is 10. The molecule has 0 heterocycles. The lowest BCUT2D eigenvalue weighted by Crippen LogP contribution is -2.61. The van der Waals surface area contributed by atoms with Gasteiger partial charge < -0.3 is 82.5 Å². The SMILES string of the molecule is CCCC[C@H](NC(=O)[C@@H](NC(=O)[C@H](CC(=O)O)NC(=O)[C@H](CCC(N)=O)NC(=O)[C@H](CC(C)C)NC(=O)[C@@H](N)CC(C)C)[C@@H](C)CC)C(=O)N[C@H](CCCN=C(N)N)C(=O)N[C@@H](CCCCN=C(N)N)C(N)=O. The van der Waals surface area contributed by atoms with Crippen LogP contribution in [0.5, 0.6) is 0 Å². The second kappa shape index (κ2) is 35.3. The van der Waals surface area contributed by atoms with E-state index in [1.165, 1.54) is 0 Å². The molecular weight excluding hydrogens is 953 g/mol. The standard InChI is InChI=1S/C46H86N16O11/c1-8-10-14-29(40(69)57-30(16-13-20-55-46(52)53)39(68)56-28(37(49)66)15-11-12-19-54-45(50)51)59-44(73)36(26(7)9-2)62-43(72)33(23-35(64)65)61-41(70)31(17-18-34(48)63)58-42(71)32(22-25(5)6)60-38(67)27(47)21-24(3)4/h24-33,36H,8-23,47H2,1-7H3,(H2,48,63)(H2,49,66)(H,56,68)(H,57,69)(H,58,71)(H,59,73)(H,60,67)(H,61,70)(H,62,72)(H,64,65)(H4,50,51,54)(H4,52,53,55)/t26-,27-,28-,29-,30+,31-,32-,33-,36-/m0/s1. The topological polar surface area (TPSA) is 482 Å². The number of nitrogens with two attached hydrogens (primary N) is 7. The Hall–Kier alpha value is -6.80. The summed E-state index contributed by atoms with van der Waals surface area (Å²) in [6.07, 6.45) is 1.18. The number of carbonyl (C=O) groups excluding carboxylic acids is 9. The number of primary amides is 2. The minimum atomic E-state index is -1.85. The van der Waals surface area contributed by atoms with E-state index in [2.05, 4.69) is 47.2 Å². The Balaban J connectivity index is 6.69. The maximum atomic E-state index is 14.2. The predicted octanol–water partition coefficient (Wildman–Crippen LogP) is -3.24. The molecule has 0 radical (unpaired) electrons. The summed E-state index contributed by atoms with van der Waals surface area (Å²) in [6, 6.07) is -10.6. The first-order valence-electron chi connectivity index (χ1n) is 24.9. The van der Waals surface area contributed by atoms with E-state index >= 15 is 0 Å². The Morgan fingerprint density at radius 3 is 1.37 bits per heavy atom. The van der Waals surface area contributed by atoms with E-state index in [4.69, 9.17) is 40.1 Å². The van der Waals surface area contributed by atoms with Crippen LogP contribution < -0.4 is 77.4 Å². The summed E-state index contributed by atoms with van der Waals surface area (Å²) in [5, 5.41) is 27.7. The van der Waals surface area contributed by atoms with Crippen LogP contribution in [-0.4, -0.2) is 138 Å². The monoisotopic (exact) mass is 1040 g/mol. The van der Waals surface area contributed by atoms with Gasteiger partial charge in [0.2, 0.25) is 53.2 Å². The Kier molecular flexibility index (Phi) is 32.0. The number of nitrogens with one attached hydrogen (secondary N) is 7. The summed E-state index contributed by atoms with van der Waals surface area (Å²) in [7, 11) is 0. The van der Waals surface area contributed by atoms with Gasteiger partial charge in [0, 0.05) is 19.5 Å². The second-order valence-electron chi connectivity index (χ2n) is 19.0. The number of unbranched alkanes of at least 4 members (excludes halogenated alkanes) is 2. The summed E-state index contributed by atoms with van der Waals surface area (Å²) in [6.45, 7) is 12.9. The fourth-order valence-corrected chi connectivity index (χ4v) is 7.25. The average molecular weight is 1040 g/mol. The minimum absolute atomic E-state index is 0.0175. The molecule has 22 N–H and O–H groups in total. The van der Waals surface area contributed by atoms with Crippen molar-refractivity contribution < 1.29 is 53.1 Å². The van der Waals surface area contributed by atoms with Crippen LogP contribution in [0.3, 0.4) is 0 Å². The van der Waals surface area contributed by atoms with Gasteiger partial charge in [-0.15, -0.1) is 0 Å². The van der Waals surface area contributed by atoms with Crippen LogP contribution in [0, 0.1) is 17.8 Å². The number of aliphatic imine (C=N–C) groups is 2. The molecule has 9 amide bonds. The normalized spacial score (nSPS) is 14.8. The molecular formula is C46H86N16O11. The molecule has 0 aromatic rings. The lowest BCUT2D eigenvalue weighted by Gasteiger charge is -2.29. The van der Waals surface area contributed by atoms with E-state index in [1.54, 1.807) is 27.7 Å². The van der Waals surface area contributed by atoms with Gasteiger partial charge in [-0.3, -0.25) is 57.9 Å². The Morgan fingerprint density at radius 1 is 0.479 bits per heavy atom. The van der Waals surface area contributed by atoms with Crippen molar-refractivity contribution in [3.63, 3.8) is 0 Å². The van der Waals surface area contributed by atoms with E-state index < -0.39 is 126 Å². The van der Waals surface area contributed by atoms with Crippen LogP contribution in [0.15, 0.2) is 9.98 Å². The summed E-state index contributed by atoms with van der Waals surface area (Å²) in [5.74, 6) is -10.3. The highest BCUT2D eigenvalue weighted by atomic mass is 16.4. The lowest BCUT2D eigenvalue weighted by molar-refractivity contribution is -0.142. The van der Waals surface area contributed by atoms with Gasteiger partial charge in [-0.25, -0.2) is 0 Å². The molecule has 416 valence electrons. The molecule has 0 aliphatic carbocycles. The zero-order valence-electron chi connectivity index (χ0n) is 43.6. The number of amides is 9. The van der Waals surface area contributed by atoms with Crippen molar-refractivity contribution in [2.24, 2.45) is 67.9 Å². The van der Waals surface area contributed by atoms with Crippen molar-refractivity contribution in [1.82, 2.24) is 37.2 Å². The predicted molar refractivity (Wildman–Crippen MR) is 274 cm³/mol. The van der Waals surface area contributed by atoms with Gasteiger partial charge in [0.1, 0.15) is 42.3 Å². The first-order valence-corrected chi connectivity index (χ1v) is 24.9. The molecule has 0 aliphatic rings. The second-order valence-corrected chi connectivity index (χ2v) is 19.0. The number of hydrogen-bond acceptors (Lipinski definition) is 13. The molecule has 0 saturated heterocycles. The summed E-state index contributed by atoms with van der Waals surface area (Å²) < 4.78 is 0.